The lowest BCUT2D eigenvalue weighted by atomic mass is 10.1. The van der Waals surface area contributed by atoms with Crippen molar-refractivity contribution in [3.8, 4) is 28.5 Å². The fourth-order valence-electron chi connectivity index (χ4n) is 3.87. The molecule has 1 amide bonds. The maximum atomic E-state index is 13.1. The maximum Gasteiger partial charge on any atom is 0.269 e. The molecule has 1 aliphatic heterocycles. The minimum absolute atomic E-state index is 0.312. The lowest BCUT2D eigenvalue weighted by molar-refractivity contribution is -0.128. The van der Waals surface area contributed by atoms with Gasteiger partial charge in [0.15, 0.2) is 11.5 Å². The largest absolute Gasteiger partial charge is 0.495 e. The number of carbonyl (C=O) groups excluding carboxylic acids is 1. The van der Waals surface area contributed by atoms with E-state index in [1.807, 2.05) is 79.2 Å². The molecule has 2 unspecified atom stereocenters. The van der Waals surface area contributed by atoms with E-state index in [4.69, 9.17) is 19.2 Å². The van der Waals surface area contributed by atoms with Crippen LogP contribution in [0.25, 0.3) is 16.9 Å². The summed E-state index contributed by atoms with van der Waals surface area (Å²) in [6.07, 6.45) is 2.69. The minimum Gasteiger partial charge on any atom is -0.495 e. The van der Waals surface area contributed by atoms with Crippen LogP contribution in [0.1, 0.15) is 12.5 Å². The van der Waals surface area contributed by atoms with Gasteiger partial charge in [0.1, 0.15) is 17.5 Å². The number of methoxy groups -OCH3 is 1. The molecule has 2 atom stereocenters. The Morgan fingerprint density at radius 1 is 1.09 bits per heavy atom. The van der Waals surface area contributed by atoms with Crippen molar-refractivity contribution < 1.29 is 19.0 Å². The molecule has 7 heteroatoms. The molecule has 0 fully saturated rings. The van der Waals surface area contributed by atoms with E-state index in [9.17, 15) is 4.79 Å². The summed E-state index contributed by atoms with van der Waals surface area (Å²) in [6.45, 7) is 3.84. The molecular weight excluding hydrogens is 406 g/mol. The molecule has 4 aromatic rings. The highest BCUT2D eigenvalue weighted by atomic mass is 16.6. The van der Waals surface area contributed by atoms with Crippen LogP contribution in [0.15, 0.2) is 67.0 Å². The van der Waals surface area contributed by atoms with E-state index in [1.54, 1.807) is 13.2 Å². The summed E-state index contributed by atoms with van der Waals surface area (Å²) >= 11 is 0. The summed E-state index contributed by atoms with van der Waals surface area (Å²) < 4.78 is 19.3. The first kappa shape index (κ1) is 19.9. The summed E-state index contributed by atoms with van der Waals surface area (Å²) in [5.74, 6) is 1.41. The molecule has 2 aromatic heterocycles. The predicted octanol–water partition coefficient (Wildman–Crippen LogP) is 4.49. The number of ether oxygens (including phenoxy) is 3. The zero-order valence-electron chi connectivity index (χ0n) is 18.0. The first-order valence-electron chi connectivity index (χ1n) is 10.4. The Kier molecular flexibility index (Phi) is 4.93. The molecule has 7 nitrogen and oxygen atoms in total. The molecule has 0 saturated carbocycles. The number of carbonyl (C=O) groups is 1. The predicted molar refractivity (Wildman–Crippen MR) is 121 cm³/mol. The van der Waals surface area contributed by atoms with Crippen molar-refractivity contribution in [2.24, 2.45) is 0 Å². The number of rotatable bonds is 4. The molecule has 3 heterocycles. The Hall–Kier alpha value is -4.00. The van der Waals surface area contributed by atoms with Gasteiger partial charge in [0.25, 0.3) is 5.91 Å². The molecular formula is C25H23N3O4. The van der Waals surface area contributed by atoms with E-state index in [1.165, 1.54) is 0 Å². The summed E-state index contributed by atoms with van der Waals surface area (Å²) in [6, 6.07) is 16.9. The zero-order valence-corrected chi connectivity index (χ0v) is 18.0. The van der Waals surface area contributed by atoms with Gasteiger partial charge in [-0.15, -0.1) is 0 Å². The average Bonchev–Trinajstić information content (AvgIpc) is 3.24. The van der Waals surface area contributed by atoms with Gasteiger partial charge < -0.3 is 23.9 Å². The van der Waals surface area contributed by atoms with Crippen LogP contribution in [0.2, 0.25) is 0 Å². The number of aromatic nitrogens is 2. The molecule has 32 heavy (non-hydrogen) atoms. The lowest BCUT2D eigenvalue weighted by Crippen LogP contribution is -2.46. The first-order chi connectivity index (χ1) is 15.5. The van der Waals surface area contributed by atoms with E-state index in [0.29, 0.717) is 22.9 Å². The Morgan fingerprint density at radius 3 is 2.62 bits per heavy atom. The second-order valence-electron chi connectivity index (χ2n) is 7.76. The Balaban J connectivity index is 1.44. The fourth-order valence-corrected chi connectivity index (χ4v) is 3.87. The number of fused-ring (bicyclic) bond motifs is 2. The third-order valence-corrected chi connectivity index (χ3v) is 5.53. The van der Waals surface area contributed by atoms with Gasteiger partial charge >= 0.3 is 0 Å². The number of pyridine rings is 1. The van der Waals surface area contributed by atoms with Crippen LogP contribution in [0, 0.1) is 6.92 Å². The smallest absolute Gasteiger partial charge is 0.269 e. The highest BCUT2D eigenvalue weighted by Gasteiger charge is 2.34. The molecule has 2 aromatic carbocycles. The highest BCUT2D eigenvalue weighted by Crippen LogP contribution is 2.35. The van der Waals surface area contributed by atoms with Crippen molar-refractivity contribution in [3.63, 3.8) is 0 Å². The van der Waals surface area contributed by atoms with Crippen LogP contribution in [-0.2, 0) is 4.79 Å². The molecule has 5 rings (SSSR count). The van der Waals surface area contributed by atoms with Crippen molar-refractivity contribution in [1.82, 2.24) is 9.38 Å². The zero-order chi connectivity index (χ0) is 22.2. The Bertz CT molecular complexity index is 1310. The standard InChI is InChI=1S/C25H23N3O4/c1-15-7-6-12-28-14-19(26-24(15)28)17-10-11-20(30-3)18(13-17)27-25(29)23-16(2)31-21-8-4-5-9-22(21)32-23/h4-14,16,23H,1-3H3,(H,27,29). The van der Waals surface area contributed by atoms with E-state index in [-0.39, 0.29) is 5.91 Å². The Labute approximate surface area is 185 Å². The molecule has 1 N–H and O–H groups in total. The number of imidazole rings is 1. The van der Waals surface area contributed by atoms with Crippen LogP contribution < -0.4 is 19.5 Å². The number of nitrogens with one attached hydrogen (secondary N) is 1. The lowest BCUT2D eigenvalue weighted by Gasteiger charge is -2.31. The van der Waals surface area contributed by atoms with Gasteiger partial charge in [-0.05, 0) is 55.8 Å². The monoisotopic (exact) mass is 429 g/mol. The number of amides is 1. The molecule has 162 valence electrons. The quantitative estimate of drug-likeness (QED) is 0.518. The van der Waals surface area contributed by atoms with Crippen molar-refractivity contribution in [3.05, 3.63) is 72.6 Å². The minimum atomic E-state index is -0.795. The topological polar surface area (TPSA) is 74.1 Å². The van der Waals surface area contributed by atoms with Crippen LogP contribution in [0.5, 0.6) is 17.2 Å². The van der Waals surface area contributed by atoms with Crippen molar-refractivity contribution in [1.29, 1.82) is 0 Å². The highest BCUT2D eigenvalue weighted by molar-refractivity contribution is 5.97. The molecule has 0 bridgehead atoms. The van der Waals surface area contributed by atoms with Crippen LogP contribution in [0.3, 0.4) is 0 Å². The van der Waals surface area contributed by atoms with E-state index in [2.05, 4.69) is 5.32 Å². The second kappa shape index (κ2) is 7.92. The van der Waals surface area contributed by atoms with E-state index >= 15 is 0 Å². The van der Waals surface area contributed by atoms with Gasteiger partial charge in [0.05, 0.1) is 18.5 Å². The number of anilines is 1. The summed E-state index contributed by atoms with van der Waals surface area (Å²) in [5.41, 5.74) is 4.19. The fraction of sp³-hybridized carbons (Fsp3) is 0.200. The summed E-state index contributed by atoms with van der Waals surface area (Å²) in [7, 11) is 1.57. The average molecular weight is 429 g/mol. The third kappa shape index (κ3) is 3.51. The van der Waals surface area contributed by atoms with E-state index in [0.717, 1.165) is 22.5 Å². The van der Waals surface area contributed by atoms with E-state index < -0.39 is 12.2 Å². The van der Waals surface area contributed by atoms with Crippen molar-refractivity contribution in [2.45, 2.75) is 26.1 Å². The molecule has 0 spiro atoms. The van der Waals surface area contributed by atoms with Crippen LogP contribution in [-0.4, -0.2) is 34.6 Å². The molecule has 0 saturated heterocycles. The number of hydrogen-bond donors (Lipinski definition) is 1. The van der Waals surface area contributed by atoms with Gasteiger partial charge in [0, 0.05) is 18.0 Å². The number of hydrogen-bond acceptors (Lipinski definition) is 5. The van der Waals surface area contributed by atoms with Gasteiger partial charge in [-0.2, -0.15) is 0 Å². The summed E-state index contributed by atoms with van der Waals surface area (Å²) in [5, 5.41) is 2.94. The van der Waals surface area contributed by atoms with Crippen molar-refractivity contribution >= 4 is 17.2 Å². The number of aryl methyl sites for hydroxylation is 1. The molecule has 1 aliphatic rings. The van der Waals surface area contributed by atoms with Gasteiger partial charge in [0.2, 0.25) is 6.10 Å². The van der Waals surface area contributed by atoms with Gasteiger partial charge in [-0.3, -0.25) is 4.79 Å². The first-order valence-corrected chi connectivity index (χ1v) is 10.4. The number of para-hydroxylation sites is 2. The van der Waals surface area contributed by atoms with Gasteiger partial charge in [-0.1, -0.05) is 18.2 Å². The summed E-state index contributed by atoms with van der Waals surface area (Å²) in [4.78, 5) is 17.8. The number of benzene rings is 2. The van der Waals surface area contributed by atoms with Crippen molar-refractivity contribution in [2.75, 3.05) is 12.4 Å². The Morgan fingerprint density at radius 2 is 1.88 bits per heavy atom. The van der Waals surface area contributed by atoms with Crippen LogP contribution in [0.4, 0.5) is 5.69 Å². The second-order valence-corrected chi connectivity index (χ2v) is 7.76. The third-order valence-electron chi connectivity index (χ3n) is 5.53. The van der Waals surface area contributed by atoms with Crippen LogP contribution >= 0.6 is 0 Å². The molecule has 0 aliphatic carbocycles. The maximum absolute atomic E-state index is 13.1. The van der Waals surface area contributed by atoms with Gasteiger partial charge in [-0.25, -0.2) is 4.98 Å². The normalized spacial score (nSPS) is 17.2. The molecule has 0 radical (unpaired) electrons. The number of nitrogens with zero attached hydrogens (tertiary/aromatic N) is 2. The SMILES string of the molecule is COc1ccc(-c2cn3cccc(C)c3n2)cc1NC(=O)C1Oc2ccccc2OC1C.